The highest BCUT2D eigenvalue weighted by Crippen LogP contribution is 2.36. The van der Waals surface area contributed by atoms with Crippen LogP contribution in [0.2, 0.25) is 0 Å². The van der Waals surface area contributed by atoms with Gasteiger partial charge in [0, 0.05) is 25.2 Å². The first-order chi connectivity index (χ1) is 12.3. The van der Waals surface area contributed by atoms with E-state index in [1.807, 2.05) is 0 Å². The minimum Gasteiger partial charge on any atom is -0.343 e. The van der Waals surface area contributed by atoms with Crippen molar-refractivity contribution in [3.8, 4) is 0 Å². The van der Waals surface area contributed by atoms with Gasteiger partial charge in [-0.15, -0.1) is 12.4 Å². The normalized spacial score (nSPS) is 18.9. The number of nitrogens with zero attached hydrogens (tertiary/aromatic N) is 1. The fraction of sp³-hybridized carbons (Fsp3) is 0.556. The highest BCUT2D eigenvalue weighted by molar-refractivity contribution is 5.96. The van der Waals surface area contributed by atoms with Crippen LogP contribution in [0.5, 0.6) is 0 Å². The molecule has 2 N–H and O–H groups in total. The Morgan fingerprint density at radius 2 is 1.74 bits per heavy atom. The summed E-state index contributed by atoms with van der Waals surface area (Å²) < 4.78 is 37.6. The van der Waals surface area contributed by atoms with Crippen molar-refractivity contribution in [3.05, 3.63) is 35.4 Å². The maximum absolute atomic E-state index is 12.5. The molecule has 0 saturated carbocycles. The van der Waals surface area contributed by atoms with E-state index >= 15 is 0 Å². The SMILES string of the molecule is Cl.O=C(NCC(=O)N1CCC2(CCNC2)CC1)c1ccc(C(F)(F)F)cc1. The monoisotopic (exact) mass is 405 g/mol. The van der Waals surface area contributed by atoms with E-state index in [9.17, 15) is 22.8 Å². The molecular formula is C18H23ClF3N3O2. The highest BCUT2D eigenvalue weighted by Gasteiger charge is 2.38. The Morgan fingerprint density at radius 1 is 1.11 bits per heavy atom. The maximum Gasteiger partial charge on any atom is 0.416 e. The summed E-state index contributed by atoms with van der Waals surface area (Å²) in [6, 6.07) is 3.94. The molecule has 27 heavy (non-hydrogen) atoms. The number of hydrogen-bond acceptors (Lipinski definition) is 3. The molecule has 2 saturated heterocycles. The Labute approximate surface area is 162 Å². The van der Waals surface area contributed by atoms with Gasteiger partial charge in [0.15, 0.2) is 0 Å². The summed E-state index contributed by atoms with van der Waals surface area (Å²) in [6.45, 7) is 3.23. The number of alkyl halides is 3. The molecule has 2 aliphatic heterocycles. The van der Waals surface area contributed by atoms with Gasteiger partial charge in [0.05, 0.1) is 12.1 Å². The summed E-state index contributed by atoms with van der Waals surface area (Å²) in [4.78, 5) is 26.0. The van der Waals surface area contributed by atoms with Gasteiger partial charge in [-0.05, 0) is 55.5 Å². The van der Waals surface area contributed by atoms with E-state index in [0.29, 0.717) is 18.5 Å². The van der Waals surface area contributed by atoms with Gasteiger partial charge in [-0.1, -0.05) is 0 Å². The van der Waals surface area contributed by atoms with E-state index in [0.717, 1.165) is 56.6 Å². The lowest BCUT2D eigenvalue weighted by atomic mass is 9.78. The molecular weight excluding hydrogens is 383 g/mol. The van der Waals surface area contributed by atoms with Crippen LogP contribution < -0.4 is 10.6 Å². The van der Waals surface area contributed by atoms with Crippen molar-refractivity contribution in [3.63, 3.8) is 0 Å². The molecule has 3 rings (SSSR count). The van der Waals surface area contributed by atoms with Crippen LogP contribution in [0.25, 0.3) is 0 Å². The van der Waals surface area contributed by atoms with E-state index in [2.05, 4.69) is 10.6 Å². The molecule has 0 aliphatic carbocycles. The zero-order valence-corrected chi connectivity index (χ0v) is 15.6. The Morgan fingerprint density at radius 3 is 2.26 bits per heavy atom. The topological polar surface area (TPSA) is 61.4 Å². The first-order valence-corrected chi connectivity index (χ1v) is 8.73. The van der Waals surface area contributed by atoms with Crippen molar-refractivity contribution in [1.82, 2.24) is 15.5 Å². The molecule has 1 aromatic carbocycles. The largest absolute Gasteiger partial charge is 0.416 e. The predicted octanol–water partition coefficient (Wildman–Crippen LogP) is 2.46. The minimum absolute atomic E-state index is 0. The molecule has 9 heteroatoms. The van der Waals surface area contributed by atoms with Gasteiger partial charge in [0.25, 0.3) is 5.91 Å². The molecule has 0 aromatic heterocycles. The van der Waals surface area contributed by atoms with E-state index < -0.39 is 17.6 Å². The Balaban J connectivity index is 0.00000261. The predicted molar refractivity (Wildman–Crippen MR) is 96.8 cm³/mol. The number of nitrogens with one attached hydrogen (secondary N) is 2. The summed E-state index contributed by atoms with van der Waals surface area (Å²) in [5, 5.41) is 5.86. The maximum atomic E-state index is 12.5. The number of benzene rings is 1. The van der Waals surface area contributed by atoms with Crippen LogP contribution in [0.1, 0.15) is 35.2 Å². The Kier molecular flexibility index (Phi) is 6.75. The molecule has 150 valence electrons. The minimum atomic E-state index is -4.44. The van der Waals surface area contributed by atoms with Gasteiger partial charge in [-0.3, -0.25) is 9.59 Å². The third-order valence-electron chi connectivity index (χ3n) is 5.38. The van der Waals surface area contributed by atoms with Gasteiger partial charge >= 0.3 is 6.18 Å². The molecule has 2 heterocycles. The summed E-state index contributed by atoms with van der Waals surface area (Å²) in [5.41, 5.74) is -0.408. The van der Waals surface area contributed by atoms with E-state index in [1.165, 1.54) is 0 Å². The number of rotatable bonds is 3. The summed E-state index contributed by atoms with van der Waals surface area (Å²) in [5.74, 6) is -0.716. The molecule has 0 bridgehead atoms. The average Bonchev–Trinajstić information content (AvgIpc) is 3.07. The van der Waals surface area contributed by atoms with Crippen molar-refractivity contribution < 1.29 is 22.8 Å². The second-order valence-electron chi connectivity index (χ2n) is 7.07. The van der Waals surface area contributed by atoms with E-state index in [1.54, 1.807) is 4.90 Å². The Bertz CT molecular complexity index is 663. The van der Waals surface area contributed by atoms with Crippen LogP contribution in [0.3, 0.4) is 0 Å². The molecule has 2 amide bonds. The zero-order chi connectivity index (χ0) is 18.8. The molecule has 0 atom stereocenters. The van der Waals surface area contributed by atoms with E-state index in [4.69, 9.17) is 0 Å². The molecule has 5 nitrogen and oxygen atoms in total. The first-order valence-electron chi connectivity index (χ1n) is 8.73. The van der Waals surface area contributed by atoms with Crippen LogP contribution >= 0.6 is 12.4 Å². The molecule has 1 aromatic rings. The lowest BCUT2D eigenvalue weighted by Crippen LogP contribution is -2.47. The number of piperidine rings is 1. The number of halogens is 4. The van der Waals surface area contributed by atoms with Crippen LogP contribution in [0.4, 0.5) is 13.2 Å². The van der Waals surface area contributed by atoms with Gasteiger partial charge in [-0.25, -0.2) is 0 Å². The number of hydrogen-bond donors (Lipinski definition) is 2. The lowest BCUT2D eigenvalue weighted by Gasteiger charge is -2.38. The first kappa shape index (κ1) is 21.5. The number of amides is 2. The van der Waals surface area contributed by atoms with Crippen LogP contribution in [0, 0.1) is 5.41 Å². The second kappa shape index (κ2) is 8.48. The van der Waals surface area contributed by atoms with Crippen molar-refractivity contribution in [2.24, 2.45) is 5.41 Å². The fourth-order valence-corrected chi connectivity index (χ4v) is 3.63. The second-order valence-corrected chi connectivity index (χ2v) is 7.07. The van der Waals surface area contributed by atoms with Crippen molar-refractivity contribution in [2.45, 2.75) is 25.4 Å². The van der Waals surface area contributed by atoms with Crippen LogP contribution in [-0.4, -0.2) is 49.4 Å². The summed E-state index contributed by atoms with van der Waals surface area (Å²) in [7, 11) is 0. The van der Waals surface area contributed by atoms with Crippen molar-refractivity contribution in [2.75, 3.05) is 32.7 Å². The number of carbonyl (C=O) groups excluding carboxylic acids is 2. The number of likely N-dealkylation sites (tertiary alicyclic amines) is 1. The zero-order valence-electron chi connectivity index (χ0n) is 14.8. The van der Waals surface area contributed by atoms with Gasteiger partial charge in [-0.2, -0.15) is 13.2 Å². The third-order valence-corrected chi connectivity index (χ3v) is 5.38. The van der Waals surface area contributed by atoms with Crippen LogP contribution in [0.15, 0.2) is 24.3 Å². The van der Waals surface area contributed by atoms with Gasteiger partial charge < -0.3 is 15.5 Å². The third kappa shape index (κ3) is 5.13. The average molecular weight is 406 g/mol. The number of carbonyl (C=O) groups is 2. The molecule has 1 spiro atoms. The molecule has 2 aliphatic rings. The summed E-state index contributed by atoms with van der Waals surface area (Å²) >= 11 is 0. The molecule has 0 radical (unpaired) electrons. The van der Waals surface area contributed by atoms with Crippen molar-refractivity contribution in [1.29, 1.82) is 0 Å². The smallest absolute Gasteiger partial charge is 0.343 e. The quantitative estimate of drug-likeness (QED) is 0.812. The van der Waals surface area contributed by atoms with Crippen molar-refractivity contribution >= 4 is 24.2 Å². The highest BCUT2D eigenvalue weighted by atomic mass is 35.5. The summed E-state index contributed by atoms with van der Waals surface area (Å²) in [6.07, 6.45) is -1.39. The Hall–Kier alpha value is -1.80. The van der Waals surface area contributed by atoms with Gasteiger partial charge in [0.2, 0.25) is 5.91 Å². The molecule has 2 fully saturated rings. The van der Waals surface area contributed by atoms with Crippen LogP contribution in [-0.2, 0) is 11.0 Å². The molecule has 0 unspecified atom stereocenters. The van der Waals surface area contributed by atoms with Gasteiger partial charge in [0.1, 0.15) is 0 Å². The van der Waals surface area contributed by atoms with E-state index in [-0.39, 0.29) is 30.4 Å². The lowest BCUT2D eigenvalue weighted by molar-refractivity contribution is -0.137. The standard InChI is InChI=1S/C18H22F3N3O2.ClH/c19-18(20,21)14-3-1-13(2-4-14)16(26)23-11-15(25)24-9-6-17(7-10-24)5-8-22-12-17;/h1-4,22H,5-12H2,(H,23,26);1H. The fourth-order valence-electron chi connectivity index (χ4n) is 3.63.